The Balaban J connectivity index is 2.91. The van der Waals surface area contributed by atoms with E-state index in [1.807, 2.05) is 19.0 Å². The zero-order chi connectivity index (χ0) is 8.27. The SMILES string of the molecule is CBc1ccc(C(=O)O)cc1. The Kier molecular flexibility index (Phi) is 2.31. The molecule has 0 bridgehead atoms. The smallest absolute Gasteiger partial charge is 0.335 e. The molecule has 0 unspecified atom stereocenters. The summed E-state index contributed by atoms with van der Waals surface area (Å²) in [5.41, 5.74) is 1.51. The van der Waals surface area contributed by atoms with Gasteiger partial charge in [0.1, 0.15) is 0 Å². The lowest BCUT2D eigenvalue weighted by atomic mass is 9.73. The van der Waals surface area contributed by atoms with Crippen molar-refractivity contribution in [2.45, 2.75) is 6.82 Å². The maximum Gasteiger partial charge on any atom is 0.335 e. The first kappa shape index (κ1) is 7.86. The van der Waals surface area contributed by atoms with Crippen molar-refractivity contribution in [2.75, 3.05) is 0 Å². The highest BCUT2D eigenvalue weighted by Gasteiger charge is 1.99. The molecule has 1 aromatic rings. The van der Waals surface area contributed by atoms with E-state index in [9.17, 15) is 4.79 Å². The number of aromatic carboxylic acids is 1. The normalized spacial score (nSPS) is 9.18. The number of carboxylic acids is 1. The largest absolute Gasteiger partial charge is 0.478 e. The summed E-state index contributed by atoms with van der Waals surface area (Å²) in [6.45, 7) is 2.04. The Hall–Kier alpha value is -1.25. The summed E-state index contributed by atoms with van der Waals surface area (Å²) in [5, 5.41) is 8.55. The number of hydrogen-bond acceptors (Lipinski definition) is 1. The van der Waals surface area contributed by atoms with Crippen molar-refractivity contribution in [3.8, 4) is 0 Å². The first-order valence-corrected chi connectivity index (χ1v) is 3.56. The molecule has 0 aliphatic rings. The van der Waals surface area contributed by atoms with E-state index in [4.69, 9.17) is 5.11 Å². The molecule has 0 saturated carbocycles. The topological polar surface area (TPSA) is 37.3 Å². The molecule has 1 rings (SSSR count). The van der Waals surface area contributed by atoms with Crippen LogP contribution in [0.4, 0.5) is 0 Å². The Bertz CT molecular complexity index is 253. The van der Waals surface area contributed by atoms with E-state index in [0.29, 0.717) is 5.56 Å². The number of hydrogen-bond donors (Lipinski definition) is 1. The van der Waals surface area contributed by atoms with Gasteiger partial charge in [-0.3, -0.25) is 0 Å². The summed E-state index contributed by atoms with van der Waals surface area (Å²) in [4.78, 5) is 10.4. The molecule has 1 aromatic carbocycles. The van der Waals surface area contributed by atoms with Gasteiger partial charge in [0, 0.05) is 0 Å². The average molecular weight is 148 g/mol. The first-order chi connectivity index (χ1) is 5.24. The van der Waals surface area contributed by atoms with Crippen LogP contribution >= 0.6 is 0 Å². The fourth-order valence-electron chi connectivity index (χ4n) is 0.883. The molecular weight excluding hydrogens is 139 g/mol. The van der Waals surface area contributed by atoms with Crippen LogP contribution in [0.1, 0.15) is 10.4 Å². The molecule has 0 radical (unpaired) electrons. The van der Waals surface area contributed by atoms with E-state index in [2.05, 4.69) is 0 Å². The third-order valence-electron chi connectivity index (χ3n) is 1.61. The van der Waals surface area contributed by atoms with E-state index in [-0.39, 0.29) is 0 Å². The minimum Gasteiger partial charge on any atom is -0.478 e. The van der Waals surface area contributed by atoms with E-state index >= 15 is 0 Å². The van der Waals surface area contributed by atoms with Gasteiger partial charge in [0.15, 0.2) is 7.28 Å². The Labute approximate surface area is 66.1 Å². The minimum absolute atomic E-state index is 0.349. The quantitative estimate of drug-likeness (QED) is 0.619. The van der Waals surface area contributed by atoms with Gasteiger partial charge in [-0.05, 0) is 12.1 Å². The second kappa shape index (κ2) is 3.24. The molecule has 0 amide bonds. The van der Waals surface area contributed by atoms with Gasteiger partial charge in [0.05, 0.1) is 5.56 Å². The molecule has 0 heterocycles. The summed E-state index contributed by atoms with van der Waals surface area (Å²) in [6.07, 6.45) is 0. The molecule has 0 atom stereocenters. The average Bonchev–Trinajstić information content (AvgIpc) is 2.05. The fraction of sp³-hybridized carbons (Fsp3) is 0.125. The Morgan fingerprint density at radius 1 is 1.36 bits per heavy atom. The lowest BCUT2D eigenvalue weighted by Crippen LogP contribution is -2.10. The van der Waals surface area contributed by atoms with Crippen molar-refractivity contribution < 1.29 is 9.90 Å². The molecule has 3 heteroatoms. The van der Waals surface area contributed by atoms with Crippen LogP contribution in [0.2, 0.25) is 6.82 Å². The Morgan fingerprint density at radius 2 is 1.91 bits per heavy atom. The predicted molar refractivity (Wildman–Crippen MR) is 46.0 cm³/mol. The van der Waals surface area contributed by atoms with E-state index in [1.54, 1.807) is 12.1 Å². The lowest BCUT2D eigenvalue weighted by Gasteiger charge is -1.95. The number of carbonyl (C=O) groups is 1. The molecule has 11 heavy (non-hydrogen) atoms. The van der Waals surface area contributed by atoms with Crippen LogP contribution in [-0.2, 0) is 0 Å². The zero-order valence-corrected chi connectivity index (χ0v) is 6.37. The van der Waals surface area contributed by atoms with Crippen LogP contribution in [-0.4, -0.2) is 18.4 Å². The van der Waals surface area contributed by atoms with Gasteiger partial charge < -0.3 is 5.11 Å². The van der Waals surface area contributed by atoms with E-state index in [1.165, 1.54) is 0 Å². The molecule has 0 saturated heterocycles. The third kappa shape index (κ3) is 1.83. The Morgan fingerprint density at radius 3 is 2.27 bits per heavy atom. The zero-order valence-electron chi connectivity index (χ0n) is 6.37. The fourth-order valence-corrected chi connectivity index (χ4v) is 0.883. The lowest BCUT2D eigenvalue weighted by molar-refractivity contribution is 0.0697. The van der Waals surface area contributed by atoms with Crippen LogP contribution < -0.4 is 5.46 Å². The van der Waals surface area contributed by atoms with Gasteiger partial charge in [-0.1, -0.05) is 24.4 Å². The second-order valence-corrected chi connectivity index (χ2v) is 2.36. The van der Waals surface area contributed by atoms with E-state index in [0.717, 1.165) is 12.7 Å². The van der Waals surface area contributed by atoms with Crippen molar-refractivity contribution in [3.05, 3.63) is 29.8 Å². The summed E-state index contributed by atoms with van der Waals surface area (Å²) < 4.78 is 0. The van der Waals surface area contributed by atoms with Crippen molar-refractivity contribution in [2.24, 2.45) is 0 Å². The number of rotatable bonds is 2. The molecule has 56 valence electrons. The molecule has 0 fully saturated rings. The van der Waals surface area contributed by atoms with Crippen LogP contribution in [0.3, 0.4) is 0 Å². The third-order valence-corrected chi connectivity index (χ3v) is 1.61. The molecule has 1 N–H and O–H groups in total. The summed E-state index contributed by atoms with van der Waals surface area (Å²) in [6, 6.07) is 6.93. The van der Waals surface area contributed by atoms with Crippen molar-refractivity contribution in [3.63, 3.8) is 0 Å². The van der Waals surface area contributed by atoms with Crippen molar-refractivity contribution in [1.82, 2.24) is 0 Å². The van der Waals surface area contributed by atoms with Crippen molar-refractivity contribution >= 4 is 18.7 Å². The predicted octanol–water partition coefficient (Wildman–Crippen LogP) is 0.495. The maximum atomic E-state index is 10.4. The molecule has 0 spiro atoms. The highest BCUT2D eigenvalue weighted by molar-refractivity contribution is 6.51. The van der Waals surface area contributed by atoms with Gasteiger partial charge >= 0.3 is 5.97 Å². The van der Waals surface area contributed by atoms with Crippen LogP contribution in [0.15, 0.2) is 24.3 Å². The second-order valence-electron chi connectivity index (χ2n) is 2.36. The molecule has 0 aliphatic carbocycles. The van der Waals surface area contributed by atoms with Gasteiger partial charge in [-0.25, -0.2) is 4.79 Å². The molecule has 0 aromatic heterocycles. The monoisotopic (exact) mass is 148 g/mol. The highest BCUT2D eigenvalue weighted by Crippen LogP contribution is 1.95. The summed E-state index contributed by atoms with van der Waals surface area (Å²) >= 11 is 0. The first-order valence-electron chi connectivity index (χ1n) is 3.56. The van der Waals surface area contributed by atoms with Gasteiger partial charge in [-0.2, -0.15) is 0 Å². The van der Waals surface area contributed by atoms with E-state index < -0.39 is 5.97 Å². The maximum absolute atomic E-state index is 10.4. The van der Waals surface area contributed by atoms with Crippen LogP contribution in [0.25, 0.3) is 0 Å². The highest BCUT2D eigenvalue weighted by atomic mass is 16.4. The number of benzene rings is 1. The van der Waals surface area contributed by atoms with Gasteiger partial charge in [0.25, 0.3) is 0 Å². The molecule has 0 aliphatic heterocycles. The van der Waals surface area contributed by atoms with Crippen molar-refractivity contribution in [1.29, 1.82) is 0 Å². The minimum atomic E-state index is -0.868. The number of carboxylic acid groups (broad SMARTS) is 1. The van der Waals surface area contributed by atoms with Crippen LogP contribution in [0.5, 0.6) is 0 Å². The van der Waals surface area contributed by atoms with Gasteiger partial charge in [0.2, 0.25) is 0 Å². The standard InChI is InChI=1S/C8H9BO2/c1-9-7-4-2-6(3-5-7)8(10)11/h2-5,9H,1H3,(H,10,11). The summed E-state index contributed by atoms with van der Waals surface area (Å²) in [5.74, 6) is -0.868. The van der Waals surface area contributed by atoms with Gasteiger partial charge in [-0.15, -0.1) is 0 Å². The molecular formula is C8H9BO2. The molecule has 2 nitrogen and oxygen atoms in total. The summed E-state index contributed by atoms with van der Waals surface area (Å²) in [7, 11) is 0.944. The van der Waals surface area contributed by atoms with Crippen LogP contribution in [0, 0.1) is 0 Å².